The van der Waals surface area contributed by atoms with E-state index in [2.05, 4.69) is 23.1 Å². The van der Waals surface area contributed by atoms with Gasteiger partial charge in [0.15, 0.2) is 17.5 Å². The predicted octanol–water partition coefficient (Wildman–Crippen LogP) is 8.02. The number of anilines is 1. The molecule has 1 aliphatic carbocycles. The molecule has 56 heavy (non-hydrogen) atoms. The maximum Gasteiger partial charge on any atom is 0.472 e. The number of ether oxygens (including phenoxy) is 2. The number of halogens is 1. The lowest BCUT2D eigenvalue weighted by Gasteiger charge is -2.24. The van der Waals surface area contributed by atoms with Crippen molar-refractivity contribution in [2.75, 3.05) is 12.3 Å². The van der Waals surface area contributed by atoms with Crippen LogP contribution >= 0.6 is 19.4 Å². The van der Waals surface area contributed by atoms with Crippen LogP contribution in [0.4, 0.5) is 5.82 Å². The van der Waals surface area contributed by atoms with E-state index in [1.165, 1.54) is 87.9 Å². The molecule has 2 fully saturated rings. The summed E-state index contributed by atoms with van der Waals surface area (Å²) in [5, 5.41) is 46.6. The molecule has 0 spiro atoms. The second-order valence-corrected chi connectivity index (χ2v) is 16.9. The van der Waals surface area contributed by atoms with Crippen LogP contribution in [0.25, 0.3) is 5.52 Å². The van der Waals surface area contributed by atoms with Gasteiger partial charge in [0.25, 0.3) is 0 Å². The summed E-state index contributed by atoms with van der Waals surface area (Å²) >= 11 is 6.18. The second-order valence-electron chi connectivity index (χ2n) is 15.1. The van der Waals surface area contributed by atoms with Crippen LogP contribution in [0.5, 0.6) is 0 Å². The Morgan fingerprint density at radius 3 is 2.21 bits per heavy atom. The number of phosphoric ester groups is 1. The molecule has 16 heteroatoms. The van der Waals surface area contributed by atoms with Crippen molar-refractivity contribution in [3.63, 3.8) is 0 Å². The van der Waals surface area contributed by atoms with Gasteiger partial charge in [-0.1, -0.05) is 121 Å². The lowest BCUT2D eigenvalue weighted by atomic mass is 10.0. The van der Waals surface area contributed by atoms with Gasteiger partial charge >= 0.3 is 7.82 Å². The van der Waals surface area contributed by atoms with Gasteiger partial charge < -0.3 is 30.3 Å². The summed E-state index contributed by atoms with van der Waals surface area (Å²) in [5.41, 5.74) is 3.16. The van der Waals surface area contributed by atoms with Gasteiger partial charge in [-0.05, 0) is 42.3 Å². The molecule has 1 saturated carbocycles. The van der Waals surface area contributed by atoms with Gasteiger partial charge in [0.05, 0.1) is 36.6 Å². The fraction of sp³-hybridized carbons (Fsp3) is 0.650. The number of aliphatic hydroxyl groups excluding tert-OH is 1. The second kappa shape index (κ2) is 20.5. The van der Waals surface area contributed by atoms with E-state index >= 15 is 0 Å². The van der Waals surface area contributed by atoms with Crippen molar-refractivity contribution in [1.29, 1.82) is 10.5 Å². The SMILES string of the molecule is CCCCCCCCCCCCCCCCCC[C@@H](COP(=O)(O)O[C@H]1[C@]2(O)[C@@H](O)[C@@H](c3ccc4c(N)ncnn34)O[C@]12C#N)OCc1cc(Cl)cc(C#N)c1. The first kappa shape index (κ1) is 44.0. The minimum atomic E-state index is -4.93. The Hall–Kier alpha value is -3.14. The summed E-state index contributed by atoms with van der Waals surface area (Å²) in [4.78, 5) is 14.7. The number of fused-ring (bicyclic) bond motifs is 2. The van der Waals surface area contributed by atoms with E-state index < -0.39 is 43.4 Å². The average molecular weight is 815 g/mol. The summed E-state index contributed by atoms with van der Waals surface area (Å²) in [6.45, 7) is 1.98. The summed E-state index contributed by atoms with van der Waals surface area (Å²) < 4.78 is 37.3. The fourth-order valence-electron chi connectivity index (χ4n) is 7.68. The molecule has 1 aliphatic heterocycles. The topological polar surface area (TPSA) is 218 Å². The number of nitrogens with two attached hydrogens (primary N) is 1. The van der Waals surface area contributed by atoms with Crippen LogP contribution < -0.4 is 5.73 Å². The lowest BCUT2D eigenvalue weighted by molar-refractivity contribution is -0.0769. The minimum Gasteiger partial charge on any atom is -0.387 e. The van der Waals surface area contributed by atoms with Crippen molar-refractivity contribution in [2.24, 2.45) is 0 Å². The minimum absolute atomic E-state index is 0.0744. The largest absolute Gasteiger partial charge is 0.472 e. The van der Waals surface area contributed by atoms with E-state index in [0.717, 1.165) is 25.7 Å². The molecule has 1 unspecified atom stereocenters. The molecule has 3 aromatic rings. The van der Waals surface area contributed by atoms with E-state index in [9.17, 15) is 30.2 Å². The molecule has 5 N–H and O–H groups in total. The third-order valence-corrected chi connectivity index (χ3v) is 12.1. The molecule has 306 valence electrons. The van der Waals surface area contributed by atoms with Gasteiger partial charge in [-0.25, -0.2) is 14.1 Å². The molecular weight excluding hydrogens is 759 g/mol. The number of nitrogen functional groups attached to an aromatic ring is 1. The first-order valence-electron chi connectivity index (χ1n) is 20.0. The van der Waals surface area contributed by atoms with Crippen molar-refractivity contribution in [3.8, 4) is 12.1 Å². The maximum atomic E-state index is 13.3. The first-order chi connectivity index (χ1) is 27.0. The van der Waals surface area contributed by atoms with E-state index in [1.54, 1.807) is 30.3 Å². The van der Waals surface area contributed by atoms with Crippen LogP contribution in [0.3, 0.4) is 0 Å². The van der Waals surface area contributed by atoms with Crippen molar-refractivity contribution in [2.45, 2.75) is 158 Å². The van der Waals surface area contributed by atoms with Crippen molar-refractivity contribution in [3.05, 3.63) is 58.5 Å². The number of benzene rings is 1. The zero-order valence-electron chi connectivity index (χ0n) is 32.2. The van der Waals surface area contributed by atoms with Crippen LogP contribution in [0, 0.1) is 22.7 Å². The van der Waals surface area contributed by atoms with Crippen LogP contribution in [-0.4, -0.2) is 65.8 Å². The predicted molar refractivity (Wildman–Crippen MR) is 210 cm³/mol. The summed E-state index contributed by atoms with van der Waals surface area (Å²) in [6.07, 6.45) is 16.2. The molecule has 0 amide bonds. The summed E-state index contributed by atoms with van der Waals surface area (Å²) in [5.74, 6) is 0.175. The van der Waals surface area contributed by atoms with Gasteiger partial charge in [0, 0.05) is 5.02 Å². The number of aliphatic hydroxyl groups is 2. The first-order valence-corrected chi connectivity index (χ1v) is 21.9. The van der Waals surface area contributed by atoms with E-state index in [1.807, 2.05) is 6.07 Å². The highest BCUT2D eigenvalue weighted by Crippen LogP contribution is 2.68. The van der Waals surface area contributed by atoms with Gasteiger partial charge in [0.1, 0.15) is 30.1 Å². The zero-order chi connectivity index (χ0) is 40.2. The highest BCUT2D eigenvalue weighted by Gasteiger charge is 2.90. The molecule has 1 saturated heterocycles. The Labute approximate surface area is 334 Å². The number of aromatic nitrogens is 3. The third kappa shape index (κ3) is 10.7. The molecule has 0 bridgehead atoms. The van der Waals surface area contributed by atoms with Gasteiger partial charge in [-0.15, -0.1) is 0 Å². The van der Waals surface area contributed by atoms with Crippen molar-refractivity contribution >= 4 is 30.8 Å². The molecule has 1 aromatic carbocycles. The van der Waals surface area contributed by atoms with E-state index in [0.29, 0.717) is 28.1 Å². The Bertz CT molecular complexity index is 1870. The summed E-state index contributed by atoms with van der Waals surface area (Å²) in [7, 11) is -4.93. The smallest absolute Gasteiger partial charge is 0.387 e. The molecule has 5 rings (SSSR count). The average Bonchev–Trinajstić information content (AvgIpc) is 3.41. The number of hydrogen-bond donors (Lipinski definition) is 4. The van der Waals surface area contributed by atoms with Crippen molar-refractivity contribution in [1.82, 2.24) is 14.6 Å². The Kier molecular flexibility index (Phi) is 16.1. The standard InChI is InChI=1S/C40H56ClN6O8P/c1-2-3-4-5-6-7-8-9-10-11-12-13-14-15-16-17-18-32(52-25-30-21-29(24-42)22-31(41)23-30)26-53-56(50,51)55-38-39(27-43)40(38,49)36(48)35(54-39)33-19-20-34-37(44)45-28-46-47(33)34/h19-23,28,32,35-36,38,48-49H,2-18,25-26H2,1H3,(H,50,51)(H2,44,45,46)/t32-,35+,36-,38+,39+,40+/m0/s1. The highest BCUT2D eigenvalue weighted by atomic mass is 35.5. The van der Waals surface area contributed by atoms with Gasteiger partial charge in [-0.3, -0.25) is 9.05 Å². The molecule has 2 aliphatic rings. The van der Waals surface area contributed by atoms with Crippen molar-refractivity contribution < 1.29 is 38.2 Å². The monoisotopic (exact) mass is 814 g/mol. The number of rotatable bonds is 26. The highest BCUT2D eigenvalue weighted by molar-refractivity contribution is 7.47. The number of unbranched alkanes of at least 4 members (excludes halogenated alkanes) is 15. The van der Waals surface area contributed by atoms with Crippen LogP contribution in [0.1, 0.15) is 139 Å². The Morgan fingerprint density at radius 1 is 1.00 bits per heavy atom. The third-order valence-electron chi connectivity index (χ3n) is 10.9. The number of nitrogens with zero attached hydrogens (tertiary/aromatic N) is 5. The van der Waals surface area contributed by atoms with Gasteiger partial charge in [0.2, 0.25) is 5.60 Å². The quantitative estimate of drug-likeness (QED) is 0.0446. The normalized spacial score (nSPS) is 24.4. The van der Waals surface area contributed by atoms with Crippen LogP contribution in [0.15, 0.2) is 36.7 Å². The molecule has 14 nitrogen and oxygen atoms in total. The molecule has 7 atom stereocenters. The van der Waals surface area contributed by atoms with Crippen LogP contribution in [-0.2, 0) is 29.7 Å². The van der Waals surface area contributed by atoms with Gasteiger partial charge in [-0.2, -0.15) is 15.6 Å². The Morgan fingerprint density at radius 2 is 1.62 bits per heavy atom. The summed E-state index contributed by atoms with van der Waals surface area (Å²) in [6, 6.07) is 11.9. The van der Waals surface area contributed by atoms with E-state index in [-0.39, 0.29) is 24.7 Å². The molecular formula is C40H56ClN6O8P. The lowest BCUT2D eigenvalue weighted by Crippen LogP contribution is -2.35. The van der Waals surface area contributed by atoms with E-state index in [4.69, 9.17) is 35.9 Å². The maximum absolute atomic E-state index is 13.3. The molecule has 2 aromatic heterocycles. The fourth-order valence-corrected chi connectivity index (χ4v) is 8.92. The number of hydrogen-bond acceptors (Lipinski definition) is 12. The Balaban J connectivity index is 1.08. The molecule has 0 radical (unpaired) electrons. The molecule has 3 heterocycles. The van der Waals surface area contributed by atoms with Crippen LogP contribution in [0.2, 0.25) is 5.02 Å². The number of phosphoric acid groups is 1. The zero-order valence-corrected chi connectivity index (χ0v) is 33.9. The number of nitriles is 2.